The Balaban J connectivity index is 2.40. The van der Waals surface area contributed by atoms with Crippen molar-refractivity contribution >= 4 is 23.1 Å². The molecule has 1 aliphatic rings. The molecule has 0 aliphatic carbocycles. The van der Waals surface area contributed by atoms with Gasteiger partial charge in [-0.3, -0.25) is 10.1 Å². The predicted octanol–water partition coefficient (Wildman–Crippen LogP) is 2.11. The van der Waals surface area contributed by atoms with E-state index in [9.17, 15) is 10.1 Å². The van der Waals surface area contributed by atoms with Crippen molar-refractivity contribution < 1.29 is 4.92 Å². The Morgan fingerprint density at radius 1 is 1.54 bits per heavy atom. The number of anilines is 1. The third kappa shape index (κ3) is 1.60. The molecule has 0 atom stereocenters. The number of fused-ring (bicyclic) bond motifs is 1. The lowest BCUT2D eigenvalue weighted by atomic mass is 10.3. The summed E-state index contributed by atoms with van der Waals surface area (Å²) >= 11 is 1.72. The van der Waals surface area contributed by atoms with Crippen LogP contribution in [0.1, 0.15) is 0 Å². The number of hydrogen-bond acceptors (Lipinski definition) is 4. The van der Waals surface area contributed by atoms with Gasteiger partial charge in [-0.15, -0.1) is 11.8 Å². The van der Waals surface area contributed by atoms with Crippen LogP contribution in [0.15, 0.2) is 23.1 Å². The zero-order valence-electron chi connectivity index (χ0n) is 6.82. The van der Waals surface area contributed by atoms with Gasteiger partial charge in [0.25, 0.3) is 5.69 Å². The van der Waals surface area contributed by atoms with Crippen molar-refractivity contribution in [2.24, 2.45) is 0 Å². The molecule has 68 valence electrons. The topological polar surface area (TPSA) is 55.2 Å². The van der Waals surface area contributed by atoms with Gasteiger partial charge in [0.05, 0.1) is 10.6 Å². The number of nitro benzene ring substituents is 1. The van der Waals surface area contributed by atoms with E-state index in [1.807, 2.05) is 0 Å². The van der Waals surface area contributed by atoms with Gasteiger partial charge in [-0.05, 0) is 6.07 Å². The van der Waals surface area contributed by atoms with Gasteiger partial charge in [0.15, 0.2) is 0 Å². The SMILES string of the molecule is O=[N+]([O-])c1ccc2c(c1)NCCS2. The Kier molecular flexibility index (Phi) is 2.10. The highest BCUT2D eigenvalue weighted by atomic mass is 32.2. The van der Waals surface area contributed by atoms with E-state index < -0.39 is 0 Å². The minimum Gasteiger partial charge on any atom is -0.383 e. The largest absolute Gasteiger partial charge is 0.383 e. The molecule has 1 heterocycles. The highest BCUT2D eigenvalue weighted by Crippen LogP contribution is 2.33. The van der Waals surface area contributed by atoms with Crippen LogP contribution in [0.2, 0.25) is 0 Å². The van der Waals surface area contributed by atoms with Crippen LogP contribution < -0.4 is 5.32 Å². The molecular formula is C8H8N2O2S. The fraction of sp³-hybridized carbons (Fsp3) is 0.250. The van der Waals surface area contributed by atoms with E-state index in [0.717, 1.165) is 22.9 Å². The molecule has 0 aromatic heterocycles. The average molecular weight is 196 g/mol. The van der Waals surface area contributed by atoms with Gasteiger partial charge in [-0.1, -0.05) is 0 Å². The van der Waals surface area contributed by atoms with Crippen LogP contribution in [-0.4, -0.2) is 17.2 Å². The van der Waals surface area contributed by atoms with Gasteiger partial charge < -0.3 is 5.32 Å². The number of hydrogen-bond donors (Lipinski definition) is 1. The first kappa shape index (κ1) is 8.37. The second-order valence-corrected chi connectivity index (χ2v) is 3.85. The fourth-order valence-electron chi connectivity index (χ4n) is 1.24. The first-order chi connectivity index (χ1) is 6.27. The Labute approximate surface area is 79.5 Å². The molecule has 13 heavy (non-hydrogen) atoms. The summed E-state index contributed by atoms with van der Waals surface area (Å²) in [7, 11) is 0. The van der Waals surface area contributed by atoms with E-state index in [0.29, 0.717) is 0 Å². The van der Waals surface area contributed by atoms with Gasteiger partial charge in [0, 0.05) is 29.3 Å². The number of thioether (sulfide) groups is 1. The molecule has 0 bridgehead atoms. The molecule has 0 spiro atoms. The molecule has 0 amide bonds. The third-order valence-electron chi connectivity index (χ3n) is 1.85. The number of rotatable bonds is 1. The Morgan fingerprint density at radius 2 is 2.38 bits per heavy atom. The van der Waals surface area contributed by atoms with Crippen molar-refractivity contribution in [1.29, 1.82) is 0 Å². The average Bonchev–Trinajstić information content (AvgIpc) is 2.17. The monoisotopic (exact) mass is 196 g/mol. The van der Waals surface area contributed by atoms with Gasteiger partial charge >= 0.3 is 0 Å². The van der Waals surface area contributed by atoms with E-state index in [1.165, 1.54) is 0 Å². The van der Waals surface area contributed by atoms with Gasteiger partial charge in [0.2, 0.25) is 0 Å². The Morgan fingerprint density at radius 3 is 3.15 bits per heavy atom. The fourth-order valence-corrected chi connectivity index (χ4v) is 2.12. The van der Waals surface area contributed by atoms with E-state index in [2.05, 4.69) is 5.32 Å². The maximum atomic E-state index is 10.5. The summed E-state index contributed by atoms with van der Waals surface area (Å²) in [5, 5.41) is 13.6. The van der Waals surface area contributed by atoms with E-state index in [-0.39, 0.29) is 10.6 Å². The lowest BCUT2D eigenvalue weighted by Crippen LogP contribution is -2.10. The maximum Gasteiger partial charge on any atom is 0.271 e. The smallest absolute Gasteiger partial charge is 0.271 e. The van der Waals surface area contributed by atoms with Crippen molar-refractivity contribution in [1.82, 2.24) is 0 Å². The summed E-state index contributed by atoms with van der Waals surface area (Å²) in [5.41, 5.74) is 1.03. The number of nitro groups is 1. The summed E-state index contributed by atoms with van der Waals surface area (Å²) in [6, 6.07) is 4.92. The van der Waals surface area contributed by atoms with Gasteiger partial charge in [-0.2, -0.15) is 0 Å². The summed E-state index contributed by atoms with van der Waals surface area (Å²) in [6.07, 6.45) is 0. The molecule has 4 nitrogen and oxygen atoms in total. The standard InChI is InChI=1S/C8H8N2O2S/c11-10(12)6-1-2-8-7(5-6)9-3-4-13-8/h1-2,5,9H,3-4H2. The van der Waals surface area contributed by atoms with Crippen LogP contribution in [0.3, 0.4) is 0 Å². The highest BCUT2D eigenvalue weighted by Gasteiger charge is 2.13. The summed E-state index contributed by atoms with van der Waals surface area (Å²) in [5.74, 6) is 1.02. The molecule has 2 rings (SSSR count). The summed E-state index contributed by atoms with van der Waals surface area (Å²) in [4.78, 5) is 11.2. The molecule has 0 fully saturated rings. The molecule has 1 aromatic rings. The predicted molar refractivity (Wildman–Crippen MR) is 52.3 cm³/mol. The second-order valence-electron chi connectivity index (χ2n) is 2.71. The van der Waals surface area contributed by atoms with E-state index >= 15 is 0 Å². The molecule has 1 aliphatic heterocycles. The number of nitrogens with one attached hydrogen (secondary N) is 1. The van der Waals surface area contributed by atoms with Crippen LogP contribution in [0.25, 0.3) is 0 Å². The first-order valence-electron chi connectivity index (χ1n) is 3.92. The summed E-state index contributed by atoms with van der Waals surface area (Å²) in [6.45, 7) is 0.874. The van der Waals surface area contributed by atoms with Crippen LogP contribution in [0, 0.1) is 10.1 Å². The van der Waals surface area contributed by atoms with Crippen molar-refractivity contribution in [2.45, 2.75) is 4.90 Å². The quantitative estimate of drug-likeness (QED) is 0.552. The van der Waals surface area contributed by atoms with Crippen molar-refractivity contribution in [3.63, 3.8) is 0 Å². The first-order valence-corrected chi connectivity index (χ1v) is 4.91. The Hall–Kier alpha value is -1.23. The van der Waals surface area contributed by atoms with E-state index in [4.69, 9.17) is 0 Å². The molecule has 0 saturated heterocycles. The van der Waals surface area contributed by atoms with Crippen molar-refractivity contribution in [3.8, 4) is 0 Å². The van der Waals surface area contributed by atoms with Crippen molar-refractivity contribution in [3.05, 3.63) is 28.3 Å². The maximum absolute atomic E-state index is 10.5. The molecule has 1 N–H and O–H groups in total. The van der Waals surface area contributed by atoms with Crippen LogP contribution in [0.4, 0.5) is 11.4 Å². The van der Waals surface area contributed by atoms with E-state index in [1.54, 1.807) is 30.0 Å². The van der Waals surface area contributed by atoms with Crippen LogP contribution >= 0.6 is 11.8 Å². The van der Waals surface area contributed by atoms with Gasteiger partial charge in [-0.25, -0.2) is 0 Å². The number of benzene rings is 1. The zero-order chi connectivity index (χ0) is 9.26. The molecule has 0 saturated carbocycles. The Bertz CT molecular complexity index is 354. The molecule has 0 unspecified atom stereocenters. The third-order valence-corrected chi connectivity index (χ3v) is 2.92. The minimum atomic E-state index is -0.374. The number of non-ortho nitro benzene ring substituents is 1. The molecular weight excluding hydrogens is 188 g/mol. The lowest BCUT2D eigenvalue weighted by Gasteiger charge is -2.16. The van der Waals surface area contributed by atoms with Crippen LogP contribution in [0.5, 0.6) is 0 Å². The normalized spacial score (nSPS) is 14.5. The number of nitrogens with zero attached hydrogens (tertiary/aromatic N) is 1. The zero-order valence-corrected chi connectivity index (χ0v) is 7.63. The molecule has 1 aromatic carbocycles. The van der Waals surface area contributed by atoms with Gasteiger partial charge in [0.1, 0.15) is 0 Å². The highest BCUT2D eigenvalue weighted by molar-refractivity contribution is 7.99. The van der Waals surface area contributed by atoms with Crippen molar-refractivity contribution in [2.75, 3.05) is 17.6 Å². The molecule has 0 radical (unpaired) electrons. The second kappa shape index (κ2) is 3.26. The molecule has 5 heteroatoms. The lowest BCUT2D eigenvalue weighted by molar-refractivity contribution is -0.384. The minimum absolute atomic E-state index is 0.147. The summed E-state index contributed by atoms with van der Waals surface area (Å²) < 4.78 is 0. The van der Waals surface area contributed by atoms with Crippen LogP contribution in [-0.2, 0) is 0 Å².